The summed E-state index contributed by atoms with van der Waals surface area (Å²) in [6.45, 7) is 1.92. The van der Waals surface area contributed by atoms with Gasteiger partial charge in [0.25, 0.3) is 0 Å². The minimum atomic E-state index is -0.104. The Labute approximate surface area is 102 Å². The van der Waals surface area contributed by atoms with Crippen LogP contribution >= 0.6 is 0 Å². The maximum atomic E-state index is 11.6. The van der Waals surface area contributed by atoms with Crippen LogP contribution in [-0.2, 0) is 11.2 Å². The molecule has 0 aromatic heterocycles. The van der Waals surface area contributed by atoms with Crippen LogP contribution < -0.4 is 11.1 Å². The van der Waals surface area contributed by atoms with Gasteiger partial charge in [0, 0.05) is 12.6 Å². The molecule has 2 rings (SSSR count). The first-order valence-electron chi connectivity index (χ1n) is 6.13. The molecule has 0 spiro atoms. The highest BCUT2D eigenvalue weighted by atomic mass is 16.1. The molecule has 1 saturated carbocycles. The third-order valence-corrected chi connectivity index (χ3v) is 3.54. The third kappa shape index (κ3) is 2.86. The number of hydrogen-bond acceptors (Lipinski definition) is 2. The molecule has 3 nitrogen and oxygen atoms in total. The van der Waals surface area contributed by atoms with Crippen LogP contribution in [0.15, 0.2) is 24.3 Å². The number of nitrogens with two attached hydrogens (primary N) is 1. The molecule has 0 radical (unpaired) electrons. The Hall–Kier alpha value is -1.35. The molecule has 1 aliphatic rings. The Balaban J connectivity index is 2.13. The summed E-state index contributed by atoms with van der Waals surface area (Å²) in [5, 5.41) is 2.68. The molecule has 1 amide bonds. The molecule has 1 unspecified atom stereocenters. The van der Waals surface area contributed by atoms with E-state index in [4.69, 9.17) is 5.73 Å². The van der Waals surface area contributed by atoms with Crippen LogP contribution in [0.1, 0.15) is 36.8 Å². The molecule has 0 bridgehead atoms. The lowest BCUT2D eigenvalue weighted by Gasteiger charge is -2.13. The first-order valence-corrected chi connectivity index (χ1v) is 6.13. The number of carbonyl (C=O) groups excluding carboxylic acids is 1. The first-order chi connectivity index (χ1) is 8.04. The Morgan fingerprint density at radius 1 is 1.53 bits per heavy atom. The molecule has 1 atom stereocenters. The molecule has 1 aromatic carbocycles. The van der Waals surface area contributed by atoms with Crippen molar-refractivity contribution in [2.24, 2.45) is 5.73 Å². The summed E-state index contributed by atoms with van der Waals surface area (Å²) in [5.41, 5.74) is 8.43. The van der Waals surface area contributed by atoms with Crippen molar-refractivity contribution < 1.29 is 4.79 Å². The summed E-state index contributed by atoms with van der Waals surface area (Å²) in [4.78, 5) is 11.6. The van der Waals surface area contributed by atoms with Crippen LogP contribution in [0.3, 0.4) is 0 Å². The fourth-order valence-electron chi connectivity index (χ4n) is 2.08. The van der Waals surface area contributed by atoms with Gasteiger partial charge in [-0.2, -0.15) is 0 Å². The number of carbonyl (C=O) groups is 1. The summed E-state index contributed by atoms with van der Waals surface area (Å²) >= 11 is 0. The number of rotatable bonds is 4. The molecule has 3 N–H and O–H groups in total. The van der Waals surface area contributed by atoms with Crippen molar-refractivity contribution >= 4 is 5.91 Å². The molecule has 0 aliphatic heterocycles. The normalized spacial score (nSPS) is 18.5. The van der Waals surface area contributed by atoms with Crippen LogP contribution in [0.25, 0.3) is 0 Å². The summed E-state index contributed by atoms with van der Waals surface area (Å²) in [6, 6.07) is 8.20. The standard InChI is InChI=1S/C14H20N2O/c1-10(13(17)16-2)12-5-3-4-11(8-12)9-14(15)6-7-14/h3-5,8,10H,6-7,9,15H2,1-2H3,(H,16,17). The predicted octanol–water partition coefficient (Wildman–Crippen LogP) is 1.57. The summed E-state index contributed by atoms with van der Waals surface area (Å²) < 4.78 is 0. The fourth-order valence-corrected chi connectivity index (χ4v) is 2.08. The molecular weight excluding hydrogens is 212 g/mol. The minimum absolute atomic E-state index is 0.0227. The van der Waals surface area contributed by atoms with Gasteiger partial charge in [0.05, 0.1) is 5.92 Å². The van der Waals surface area contributed by atoms with Crippen molar-refractivity contribution in [3.05, 3.63) is 35.4 Å². The summed E-state index contributed by atoms with van der Waals surface area (Å²) in [7, 11) is 1.67. The molecule has 0 saturated heterocycles. The highest BCUT2D eigenvalue weighted by Crippen LogP contribution is 2.35. The second kappa shape index (κ2) is 4.49. The SMILES string of the molecule is CNC(=O)C(C)c1cccc(CC2(N)CC2)c1. The number of likely N-dealkylation sites (N-methyl/N-ethyl adjacent to an activating group) is 1. The zero-order chi connectivity index (χ0) is 12.5. The van der Waals surface area contributed by atoms with Gasteiger partial charge >= 0.3 is 0 Å². The lowest BCUT2D eigenvalue weighted by Crippen LogP contribution is -2.25. The molecular formula is C14H20N2O. The van der Waals surface area contributed by atoms with E-state index in [2.05, 4.69) is 17.4 Å². The van der Waals surface area contributed by atoms with E-state index in [1.54, 1.807) is 7.05 Å². The van der Waals surface area contributed by atoms with E-state index in [1.165, 1.54) is 5.56 Å². The highest BCUT2D eigenvalue weighted by Gasteiger charge is 2.37. The van der Waals surface area contributed by atoms with Gasteiger partial charge in [-0.05, 0) is 37.3 Å². The fraction of sp³-hybridized carbons (Fsp3) is 0.500. The van der Waals surface area contributed by atoms with Gasteiger partial charge in [-0.1, -0.05) is 24.3 Å². The highest BCUT2D eigenvalue weighted by molar-refractivity contribution is 5.82. The average Bonchev–Trinajstić information content (AvgIpc) is 3.05. The smallest absolute Gasteiger partial charge is 0.227 e. The van der Waals surface area contributed by atoms with Gasteiger partial charge in [0.2, 0.25) is 5.91 Å². The van der Waals surface area contributed by atoms with Crippen molar-refractivity contribution in [1.29, 1.82) is 0 Å². The van der Waals surface area contributed by atoms with Crippen molar-refractivity contribution in [2.75, 3.05) is 7.05 Å². The first kappa shape index (κ1) is 12.1. The van der Waals surface area contributed by atoms with E-state index >= 15 is 0 Å². The van der Waals surface area contributed by atoms with Crippen molar-refractivity contribution in [3.63, 3.8) is 0 Å². The number of nitrogens with one attached hydrogen (secondary N) is 1. The Bertz CT molecular complexity index is 424. The molecule has 3 heteroatoms. The van der Waals surface area contributed by atoms with Gasteiger partial charge in [-0.25, -0.2) is 0 Å². The monoisotopic (exact) mass is 232 g/mol. The number of amides is 1. The van der Waals surface area contributed by atoms with E-state index in [0.717, 1.165) is 24.8 Å². The van der Waals surface area contributed by atoms with Crippen molar-refractivity contribution in [3.8, 4) is 0 Å². The van der Waals surface area contributed by atoms with E-state index in [0.29, 0.717) is 0 Å². The number of benzene rings is 1. The zero-order valence-corrected chi connectivity index (χ0v) is 10.5. The predicted molar refractivity (Wildman–Crippen MR) is 68.8 cm³/mol. The molecule has 1 aliphatic carbocycles. The molecule has 1 aromatic rings. The van der Waals surface area contributed by atoms with Gasteiger partial charge in [0.1, 0.15) is 0 Å². The van der Waals surface area contributed by atoms with Crippen LogP contribution in [0.4, 0.5) is 0 Å². The van der Waals surface area contributed by atoms with Gasteiger partial charge in [-0.3, -0.25) is 4.79 Å². The van der Waals surface area contributed by atoms with E-state index in [1.807, 2.05) is 19.1 Å². The third-order valence-electron chi connectivity index (χ3n) is 3.54. The summed E-state index contributed by atoms with van der Waals surface area (Å²) in [6.07, 6.45) is 3.14. The largest absolute Gasteiger partial charge is 0.359 e. The quantitative estimate of drug-likeness (QED) is 0.828. The molecule has 1 fully saturated rings. The van der Waals surface area contributed by atoms with E-state index in [9.17, 15) is 4.79 Å². The van der Waals surface area contributed by atoms with Crippen LogP contribution in [0, 0.1) is 0 Å². The van der Waals surface area contributed by atoms with Crippen LogP contribution in [0.5, 0.6) is 0 Å². The van der Waals surface area contributed by atoms with Crippen LogP contribution in [0.2, 0.25) is 0 Å². The molecule has 92 valence electrons. The summed E-state index contributed by atoms with van der Waals surface area (Å²) in [5.74, 6) is -0.0519. The maximum absolute atomic E-state index is 11.6. The topological polar surface area (TPSA) is 55.1 Å². The average molecular weight is 232 g/mol. The Morgan fingerprint density at radius 2 is 2.24 bits per heavy atom. The van der Waals surface area contributed by atoms with Crippen molar-refractivity contribution in [2.45, 2.75) is 37.6 Å². The number of hydrogen-bond donors (Lipinski definition) is 2. The molecule has 17 heavy (non-hydrogen) atoms. The van der Waals surface area contributed by atoms with Crippen LogP contribution in [-0.4, -0.2) is 18.5 Å². The minimum Gasteiger partial charge on any atom is -0.359 e. The lowest BCUT2D eigenvalue weighted by molar-refractivity contribution is -0.121. The van der Waals surface area contributed by atoms with Gasteiger partial charge < -0.3 is 11.1 Å². The lowest BCUT2D eigenvalue weighted by atomic mass is 9.95. The Morgan fingerprint density at radius 3 is 2.82 bits per heavy atom. The van der Waals surface area contributed by atoms with E-state index < -0.39 is 0 Å². The maximum Gasteiger partial charge on any atom is 0.227 e. The molecule has 0 heterocycles. The van der Waals surface area contributed by atoms with Gasteiger partial charge in [-0.15, -0.1) is 0 Å². The van der Waals surface area contributed by atoms with Crippen molar-refractivity contribution in [1.82, 2.24) is 5.32 Å². The van der Waals surface area contributed by atoms with Gasteiger partial charge in [0.15, 0.2) is 0 Å². The van der Waals surface area contributed by atoms with E-state index in [-0.39, 0.29) is 17.4 Å². The Kier molecular flexibility index (Phi) is 3.20. The second-order valence-electron chi connectivity index (χ2n) is 5.12. The second-order valence-corrected chi connectivity index (χ2v) is 5.12. The zero-order valence-electron chi connectivity index (χ0n) is 10.5.